The van der Waals surface area contributed by atoms with Crippen LogP contribution in [0.3, 0.4) is 0 Å². The van der Waals surface area contributed by atoms with E-state index >= 15 is 0 Å². The number of aliphatic carboxylic acids is 1. The number of ether oxygens (including phenoxy) is 1. The number of carboxylic acid groups (broad SMARTS) is 1. The molecule has 2 rings (SSSR count). The number of amides is 1. The third-order valence-electron chi connectivity index (χ3n) is 4.05. The summed E-state index contributed by atoms with van der Waals surface area (Å²) in [5.74, 6) is -1.52. The fraction of sp³-hybridized carbons (Fsp3) is 0.529. The number of para-hydroxylation sites is 1. The van der Waals surface area contributed by atoms with E-state index < -0.39 is 17.9 Å². The van der Waals surface area contributed by atoms with Crippen molar-refractivity contribution in [3.63, 3.8) is 0 Å². The highest BCUT2D eigenvalue weighted by Gasteiger charge is 2.30. The number of carbonyl (C=O) groups excluding carboxylic acids is 1. The number of carbonyl (C=O) groups is 2. The molecule has 126 valence electrons. The molecule has 1 N–H and O–H groups in total. The fourth-order valence-electron chi connectivity index (χ4n) is 2.88. The summed E-state index contributed by atoms with van der Waals surface area (Å²) in [6.45, 7) is 2.82. The van der Waals surface area contributed by atoms with Gasteiger partial charge in [0.05, 0.1) is 0 Å². The first kappa shape index (κ1) is 17.2. The number of likely N-dealkylation sites (tertiary alicyclic amines) is 1. The summed E-state index contributed by atoms with van der Waals surface area (Å²) in [6.07, 6.45) is 1.32. The van der Waals surface area contributed by atoms with Crippen molar-refractivity contribution in [3.8, 4) is 5.75 Å². The van der Waals surface area contributed by atoms with E-state index in [1.54, 1.807) is 17.0 Å². The Morgan fingerprint density at radius 3 is 2.83 bits per heavy atom. The van der Waals surface area contributed by atoms with Gasteiger partial charge in [0.1, 0.15) is 0 Å². The monoisotopic (exact) mass is 323 g/mol. The normalized spacial score (nSPS) is 19.2. The Labute approximate surface area is 135 Å². The number of benzene rings is 1. The number of halogens is 1. The van der Waals surface area contributed by atoms with Crippen LogP contribution in [0.2, 0.25) is 0 Å². The van der Waals surface area contributed by atoms with Crippen molar-refractivity contribution >= 4 is 11.9 Å². The lowest BCUT2D eigenvalue weighted by Crippen LogP contribution is -2.47. The molecule has 0 radical (unpaired) electrons. The van der Waals surface area contributed by atoms with E-state index in [4.69, 9.17) is 9.84 Å². The van der Waals surface area contributed by atoms with Crippen LogP contribution in [-0.4, -0.2) is 41.1 Å². The SMILES string of the molecule is CCC(Oc1ccccc1F)C(=O)N1CCCC(CC(=O)O)C1. The van der Waals surface area contributed by atoms with Gasteiger partial charge in [0.2, 0.25) is 0 Å². The molecule has 1 heterocycles. The zero-order valence-electron chi connectivity index (χ0n) is 13.2. The van der Waals surface area contributed by atoms with Crippen LogP contribution in [0.15, 0.2) is 24.3 Å². The Kier molecular flexibility index (Phi) is 5.96. The maximum Gasteiger partial charge on any atom is 0.303 e. The fourth-order valence-corrected chi connectivity index (χ4v) is 2.88. The van der Waals surface area contributed by atoms with Crippen LogP contribution in [-0.2, 0) is 9.59 Å². The smallest absolute Gasteiger partial charge is 0.303 e. The van der Waals surface area contributed by atoms with Crippen LogP contribution in [0.25, 0.3) is 0 Å². The average molecular weight is 323 g/mol. The second-order valence-electron chi connectivity index (χ2n) is 5.84. The van der Waals surface area contributed by atoms with Crippen LogP contribution < -0.4 is 4.74 Å². The largest absolute Gasteiger partial charge is 0.481 e. The Morgan fingerprint density at radius 1 is 1.43 bits per heavy atom. The molecular formula is C17H22FNO4. The summed E-state index contributed by atoms with van der Waals surface area (Å²) < 4.78 is 19.2. The van der Waals surface area contributed by atoms with Crippen molar-refractivity contribution in [1.82, 2.24) is 4.90 Å². The van der Waals surface area contributed by atoms with E-state index in [9.17, 15) is 14.0 Å². The first-order valence-electron chi connectivity index (χ1n) is 7.93. The summed E-state index contributed by atoms with van der Waals surface area (Å²) in [5.41, 5.74) is 0. The van der Waals surface area contributed by atoms with E-state index in [0.717, 1.165) is 12.8 Å². The standard InChI is InChI=1S/C17H22FNO4/c1-2-14(23-15-8-4-3-7-13(15)18)17(22)19-9-5-6-12(11-19)10-16(20)21/h3-4,7-8,12,14H,2,5-6,9-11H2,1H3,(H,20,21). The summed E-state index contributed by atoms with van der Waals surface area (Å²) >= 11 is 0. The molecule has 1 aromatic carbocycles. The van der Waals surface area contributed by atoms with Crippen molar-refractivity contribution < 1.29 is 23.8 Å². The highest BCUT2D eigenvalue weighted by Crippen LogP contribution is 2.23. The molecule has 5 nitrogen and oxygen atoms in total. The van der Waals surface area contributed by atoms with Gasteiger partial charge in [-0.2, -0.15) is 0 Å². The second kappa shape index (κ2) is 7.94. The topological polar surface area (TPSA) is 66.8 Å². The minimum Gasteiger partial charge on any atom is -0.481 e. The molecule has 1 amide bonds. The molecule has 6 heteroatoms. The van der Waals surface area contributed by atoms with Crippen molar-refractivity contribution in [2.45, 2.75) is 38.7 Å². The molecule has 1 fully saturated rings. The van der Waals surface area contributed by atoms with Gasteiger partial charge in [-0.15, -0.1) is 0 Å². The summed E-state index contributed by atoms with van der Waals surface area (Å²) in [6, 6.07) is 6.00. The van der Waals surface area contributed by atoms with Crippen LogP contribution in [0.4, 0.5) is 4.39 Å². The van der Waals surface area contributed by atoms with E-state index in [2.05, 4.69) is 0 Å². The number of rotatable bonds is 6. The minimum absolute atomic E-state index is 0.0313. The summed E-state index contributed by atoms with van der Waals surface area (Å²) in [4.78, 5) is 25.1. The van der Waals surface area contributed by atoms with Gasteiger partial charge in [-0.3, -0.25) is 9.59 Å². The maximum absolute atomic E-state index is 13.7. The van der Waals surface area contributed by atoms with Crippen LogP contribution in [0.5, 0.6) is 5.75 Å². The molecule has 0 spiro atoms. The molecule has 0 bridgehead atoms. The molecule has 2 atom stereocenters. The number of carboxylic acids is 1. The van der Waals surface area contributed by atoms with Crippen LogP contribution in [0.1, 0.15) is 32.6 Å². The quantitative estimate of drug-likeness (QED) is 0.874. The lowest BCUT2D eigenvalue weighted by molar-refractivity contribution is -0.144. The molecule has 1 aliphatic heterocycles. The third kappa shape index (κ3) is 4.68. The first-order chi connectivity index (χ1) is 11.0. The number of hydrogen-bond donors (Lipinski definition) is 1. The van der Waals surface area contributed by atoms with Crippen molar-refractivity contribution in [2.75, 3.05) is 13.1 Å². The molecular weight excluding hydrogens is 301 g/mol. The highest BCUT2D eigenvalue weighted by molar-refractivity contribution is 5.81. The van der Waals surface area contributed by atoms with Gasteiger partial charge in [-0.1, -0.05) is 19.1 Å². The highest BCUT2D eigenvalue weighted by atomic mass is 19.1. The Hall–Kier alpha value is -2.11. The molecule has 0 aromatic heterocycles. The molecule has 1 aliphatic rings. The van der Waals surface area contributed by atoms with Crippen molar-refractivity contribution in [1.29, 1.82) is 0 Å². The first-order valence-corrected chi connectivity index (χ1v) is 7.93. The Balaban J connectivity index is 2.01. The van der Waals surface area contributed by atoms with Gasteiger partial charge in [0, 0.05) is 19.5 Å². The van der Waals surface area contributed by atoms with Crippen LogP contribution >= 0.6 is 0 Å². The predicted molar refractivity (Wildman–Crippen MR) is 82.7 cm³/mol. The van der Waals surface area contributed by atoms with Gasteiger partial charge >= 0.3 is 5.97 Å². The van der Waals surface area contributed by atoms with Gasteiger partial charge in [-0.05, 0) is 37.3 Å². The third-order valence-corrected chi connectivity index (χ3v) is 4.05. The molecule has 0 aliphatic carbocycles. The molecule has 1 aromatic rings. The number of hydrogen-bond acceptors (Lipinski definition) is 3. The van der Waals surface area contributed by atoms with Crippen LogP contribution in [0, 0.1) is 11.7 Å². The second-order valence-corrected chi connectivity index (χ2v) is 5.84. The van der Waals surface area contributed by atoms with Gasteiger partial charge < -0.3 is 14.7 Å². The van der Waals surface area contributed by atoms with Crippen molar-refractivity contribution in [3.05, 3.63) is 30.1 Å². The van der Waals surface area contributed by atoms with Gasteiger partial charge in [0.25, 0.3) is 5.91 Å². The zero-order chi connectivity index (χ0) is 16.8. The lowest BCUT2D eigenvalue weighted by atomic mass is 9.94. The zero-order valence-corrected chi connectivity index (χ0v) is 13.2. The molecule has 0 saturated carbocycles. The minimum atomic E-state index is -0.848. The maximum atomic E-state index is 13.7. The van der Waals surface area contributed by atoms with E-state index in [1.807, 2.05) is 6.92 Å². The summed E-state index contributed by atoms with van der Waals surface area (Å²) in [7, 11) is 0. The van der Waals surface area contributed by atoms with Gasteiger partial charge in [0.15, 0.2) is 17.7 Å². The Bertz CT molecular complexity index is 563. The predicted octanol–water partition coefficient (Wildman–Crippen LogP) is 2.70. The molecule has 1 saturated heterocycles. The molecule has 2 unspecified atom stereocenters. The Morgan fingerprint density at radius 2 is 2.17 bits per heavy atom. The van der Waals surface area contributed by atoms with Gasteiger partial charge in [-0.25, -0.2) is 4.39 Å². The average Bonchev–Trinajstić information content (AvgIpc) is 2.53. The van der Waals surface area contributed by atoms with E-state index in [-0.39, 0.29) is 24.0 Å². The molecule has 23 heavy (non-hydrogen) atoms. The number of piperidine rings is 1. The van der Waals surface area contributed by atoms with E-state index in [0.29, 0.717) is 19.5 Å². The lowest BCUT2D eigenvalue weighted by Gasteiger charge is -2.34. The number of nitrogens with zero attached hydrogens (tertiary/aromatic N) is 1. The summed E-state index contributed by atoms with van der Waals surface area (Å²) in [5, 5.41) is 8.90. The van der Waals surface area contributed by atoms with Crippen molar-refractivity contribution in [2.24, 2.45) is 5.92 Å². The van der Waals surface area contributed by atoms with E-state index in [1.165, 1.54) is 12.1 Å².